The van der Waals surface area contributed by atoms with E-state index in [0.29, 0.717) is 33.7 Å². The van der Waals surface area contributed by atoms with Gasteiger partial charge in [0.1, 0.15) is 11.4 Å². The van der Waals surface area contributed by atoms with Crippen molar-refractivity contribution >= 4 is 46.0 Å². The highest BCUT2D eigenvalue weighted by molar-refractivity contribution is 14.1. The molecule has 3 aromatic heterocycles. The van der Waals surface area contributed by atoms with Crippen molar-refractivity contribution in [3.05, 3.63) is 60.9 Å². The van der Waals surface area contributed by atoms with E-state index >= 15 is 0 Å². The Bertz CT molecular complexity index is 1670. The minimum absolute atomic E-state index is 0.215. The van der Waals surface area contributed by atoms with E-state index in [1.165, 1.54) is 0 Å². The number of aromatic hydroxyl groups is 1. The summed E-state index contributed by atoms with van der Waals surface area (Å²) in [5.41, 5.74) is 1.43. The molecule has 184 valence electrons. The van der Waals surface area contributed by atoms with Gasteiger partial charge in [-0.1, -0.05) is 0 Å². The molecule has 2 aliphatic rings. The van der Waals surface area contributed by atoms with Gasteiger partial charge in [0.05, 0.1) is 17.9 Å². The molecule has 3 heterocycles. The van der Waals surface area contributed by atoms with Crippen molar-refractivity contribution in [1.29, 1.82) is 0 Å². The number of halogens is 1. The highest BCUT2D eigenvalue weighted by Gasteiger charge is 2.23. The number of carbonyl (C=O) groups excluding carboxylic acids is 1. The zero-order valence-electron chi connectivity index (χ0n) is 18.8. The second-order valence-corrected chi connectivity index (χ2v) is 9.91. The van der Waals surface area contributed by atoms with Crippen LogP contribution in [-0.2, 0) is 0 Å². The van der Waals surface area contributed by atoms with Crippen molar-refractivity contribution in [2.75, 3.05) is 5.32 Å². The smallest absolute Gasteiger partial charge is 0.326 e. The summed E-state index contributed by atoms with van der Waals surface area (Å²) in [6, 6.07) is 7.35. The number of hydrogen-bond acceptors (Lipinski definition) is 7. The normalized spacial score (nSPS) is 16.5. The van der Waals surface area contributed by atoms with E-state index in [1.54, 1.807) is 35.0 Å². The van der Waals surface area contributed by atoms with Gasteiger partial charge in [-0.25, -0.2) is 9.59 Å². The van der Waals surface area contributed by atoms with Gasteiger partial charge in [-0.2, -0.15) is 14.6 Å². The van der Waals surface area contributed by atoms with Crippen molar-refractivity contribution in [2.45, 2.75) is 37.8 Å². The van der Waals surface area contributed by atoms with Crippen LogP contribution < -0.4 is 31.8 Å². The molecule has 5 N–H and O–H groups in total. The number of hydrogen-bond donors (Lipinski definition) is 5. The lowest BCUT2D eigenvalue weighted by Gasteiger charge is -2.11. The summed E-state index contributed by atoms with van der Waals surface area (Å²) in [4.78, 5) is 37.7. The van der Waals surface area contributed by atoms with Crippen LogP contribution in [0, 0.1) is 3.57 Å². The molecular weight excluding hydrogens is 579 g/mol. The van der Waals surface area contributed by atoms with Gasteiger partial charge < -0.3 is 25.5 Å². The number of nitrogens with one attached hydrogen (secondary N) is 4. The minimum Gasteiger partial charge on any atom is -0.493 e. The van der Waals surface area contributed by atoms with Crippen LogP contribution in [-0.4, -0.2) is 47.8 Å². The number of fused-ring (bicyclic) bond motifs is 1. The number of H-pyrrole nitrogens is 2. The van der Waals surface area contributed by atoms with Crippen LogP contribution in [0.2, 0.25) is 0 Å². The fraction of sp³-hybridized carbons (Fsp3) is 0.261. The Balaban J connectivity index is 1.34. The summed E-state index contributed by atoms with van der Waals surface area (Å²) >= 11 is 2.14. The molecule has 13 heteroatoms. The molecule has 6 rings (SSSR count). The molecule has 2 saturated carbocycles. The Morgan fingerprint density at radius 1 is 1.25 bits per heavy atom. The summed E-state index contributed by atoms with van der Waals surface area (Å²) < 4.78 is 8.49. The van der Waals surface area contributed by atoms with Crippen molar-refractivity contribution in [1.82, 2.24) is 29.9 Å². The second kappa shape index (κ2) is 8.96. The lowest BCUT2D eigenvalue weighted by atomic mass is 10.3. The lowest BCUT2D eigenvalue weighted by Crippen LogP contribution is -2.30. The van der Waals surface area contributed by atoms with E-state index in [9.17, 15) is 14.7 Å². The second-order valence-electron chi connectivity index (χ2n) is 8.75. The summed E-state index contributed by atoms with van der Waals surface area (Å²) in [5.74, 6) is 0.579. The molecule has 4 aromatic rings. The molecule has 0 atom stereocenters. The van der Waals surface area contributed by atoms with E-state index in [4.69, 9.17) is 9.73 Å². The van der Waals surface area contributed by atoms with Crippen LogP contribution in [0.1, 0.15) is 31.4 Å². The van der Waals surface area contributed by atoms with Gasteiger partial charge in [-0.15, -0.1) is 0 Å². The fourth-order valence-corrected chi connectivity index (χ4v) is 4.20. The lowest BCUT2D eigenvalue weighted by molar-refractivity contribution is 0.251. The predicted molar refractivity (Wildman–Crippen MR) is 138 cm³/mol. The van der Waals surface area contributed by atoms with E-state index < -0.39 is 5.69 Å². The number of amides is 2. The van der Waals surface area contributed by atoms with Crippen LogP contribution >= 0.6 is 22.6 Å². The van der Waals surface area contributed by atoms with E-state index in [2.05, 4.69) is 53.3 Å². The van der Waals surface area contributed by atoms with E-state index in [1.807, 2.05) is 6.07 Å². The number of anilines is 1. The fourth-order valence-electron chi connectivity index (χ4n) is 3.58. The average molecular weight is 600 g/mol. The van der Waals surface area contributed by atoms with Crippen LogP contribution in [0.25, 0.3) is 11.7 Å². The first kappa shape index (κ1) is 22.6. The molecule has 0 aliphatic heterocycles. The van der Waals surface area contributed by atoms with Gasteiger partial charge in [-0.3, -0.25) is 9.98 Å². The Morgan fingerprint density at radius 2 is 2.08 bits per heavy atom. The zero-order chi connectivity index (χ0) is 24.8. The summed E-state index contributed by atoms with van der Waals surface area (Å²) in [5, 5.41) is 20.7. The predicted octanol–water partition coefficient (Wildman–Crippen LogP) is 1.74. The summed E-state index contributed by atoms with van der Waals surface area (Å²) in [6.45, 7) is 0. The third-order valence-corrected chi connectivity index (χ3v) is 6.57. The Morgan fingerprint density at radius 3 is 2.78 bits per heavy atom. The Labute approximate surface area is 216 Å². The van der Waals surface area contributed by atoms with E-state index in [-0.39, 0.29) is 29.7 Å². The summed E-state index contributed by atoms with van der Waals surface area (Å²) in [6.07, 6.45) is 7.22. The first-order chi connectivity index (χ1) is 17.4. The van der Waals surface area contributed by atoms with Crippen LogP contribution in [0.4, 0.5) is 10.5 Å². The zero-order valence-corrected chi connectivity index (χ0v) is 20.9. The number of aromatic nitrogens is 5. The highest BCUT2D eigenvalue weighted by atomic mass is 127. The number of benzene rings is 1. The number of carbonyl (C=O) groups is 1. The Kier molecular flexibility index (Phi) is 5.62. The first-order valence-electron chi connectivity index (χ1n) is 11.4. The molecule has 0 saturated heterocycles. The summed E-state index contributed by atoms with van der Waals surface area (Å²) in [7, 11) is 0. The van der Waals surface area contributed by atoms with Gasteiger partial charge in [-0.05, 0) is 72.5 Å². The molecular formula is C23H21IN8O4. The molecule has 2 fully saturated rings. The average Bonchev–Trinajstić information content (AvgIpc) is 3.75. The first-order valence-corrected chi connectivity index (χ1v) is 12.5. The quantitative estimate of drug-likeness (QED) is 0.212. The van der Waals surface area contributed by atoms with Gasteiger partial charge in [0, 0.05) is 20.9 Å². The molecule has 12 nitrogen and oxygen atoms in total. The van der Waals surface area contributed by atoms with Gasteiger partial charge in [0.25, 0.3) is 0 Å². The number of rotatable bonds is 6. The van der Waals surface area contributed by atoms with Gasteiger partial charge >= 0.3 is 11.7 Å². The van der Waals surface area contributed by atoms with Crippen molar-refractivity contribution in [3.8, 4) is 17.5 Å². The van der Waals surface area contributed by atoms with Crippen molar-refractivity contribution in [3.63, 3.8) is 0 Å². The number of imidazole rings is 1. The number of ether oxygens (including phenoxy) is 1. The maximum atomic E-state index is 12.1. The molecule has 0 radical (unpaired) electrons. The van der Waals surface area contributed by atoms with Gasteiger partial charge in [0.15, 0.2) is 11.1 Å². The molecule has 0 bridgehead atoms. The Hall–Kier alpha value is -3.88. The van der Waals surface area contributed by atoms with Crippen LogP contribution in [0.3, 0.4) is 0 Å². The largest absolute Gasteiger partial charge is 0.493 e. The van der Waals surface area contributed by atoms with Crippen molar-refractivity contribution < 1.29 is 14.6 Å². The van der Waals surface area contributed by atoms with Crippen LogP contribution in [0.15, 0.2) is 40.2 Å². The van der Waals surface area contributed by atoms with Crippen LogP contribution in [0.5, 0.6) is 17.5 Å². The topological polar surface area (TPSA) is 162 Å². The molecule has 2 amide bonds. The van der Waals surface area contributed by atoms with Gasteiger partial charge in [0.2, 0.25) is 11.8 Å². The van der Waals surface area contributed by atoms with E-state index in [0.717, 1.165) is 29.3 Å². The third kappa shape index (κ3) is 4.91. The highest BCUT2D eigenvalue weighted by Crippen LogP contribution is 2.27. The number of nitrogens with zero attached hydrogens (tertiary/aromatic N) is 4. The number of aromatic amines is 2. The maximum Gasteiger partial charge on any atom is 0.326 e. The SMILES string of the molecule is O=C(Nc1ccc(Oc2cc(=NC3CC3)n3ncc(=Cc4[nH]c(=O)[nH]c4O)c3n2)cc1I)NC1CC1. The molecule has 2 aliphatic carbocycles. The standard InChI is InChI=1S/C23H21IN8O4/c24-15-8-14(5-6-16(15)28-22(34)27-13-3-4-13)36-19-9-18(26-12-1-2-12)32-20(30-19)11(10-25-32)7-17-21(33)31-23(35)29-17/h5-10,12-13,33H,1-4H2,(H2,27,28,34)(H2,29,31,35). The van der Waals surface area contributed by atoms with Crippen molar-refractivity contribution in [2.24, 2.45) is 4.99 Å². The maximum absolute atomic E-state index is 12.1. The minimum atomic E-state index is -0.519. The third-order valence-electron chi connectivity index (χ3n) is 5.68. The monoisotopic (exact) mass is 600 g/mol. The molecule has 1 aromatic carbocycles. The molecule has 0 unspecified atom stereocenters. The number of urea groups is 1. The molecule has 36 heavy (non-hydrogen) atoms. The molecule has 0 spiro atoms.